The lowest BCUT2D eigenvalue weighted by Gasteiger charge is -2.11. The van der Waals surface area contributed by atoms with Crippen LogP contribution in [0.25, 0.3) is 33.4 Å². The maximum Gasteiger partial charge on any atom is 0.337 e. The van der Waals surface area contributed by atoms with Crippen LogP contribution < -0.4 is 5.73 Å². The van der Waals surface area contributed by atoms with E-state index in [0.29, 0.717) is 51.9 Å². The lowest BCUT2D eigenvalue weighted by Crippen LogP contribution is -2.08. The first kappa shape index (κ1) is 67.5. The molecular formula is C65H56ClF6NO11S3. The van der Waals surface area contributed by atoms with Crippen molar-refractivity contribution >= 4 is 57.0 Å². The zero-order valence-corrected chi connectivity index (χ0v) is 50.1. The minimum Gasteiger partial charge on any atom is -0.465 e. The molecule has 0 atom stereocenters. The average Bonchev–Trinajstić information content (AvgIpc) is 2.14. The molecule has 454 valence electrons. The fraction of sp³-hybridized carbons (Fsp3) is 0.138. The van der Waals surface area contributed by atoms with Gasteiger partial charge in [0.15, 0.2) is 19.7 Å². The molecule has 1 aliphatic rings. The van der Waals surface area contributed by atoms with Crippen LogP contribution in [0.5, 0.6) is 0 Å². The molecule has 0 spiro atoms. The molecule has 87 heavy (non-hydrogen) atoms. The molecule has 9 aromatic carbocycles. The number of aliphatic hydroxyl groups is 1. The van der Waals surface area contributed by atoms with E-state index >= 15 is 0 Å². The lowest BCUT2D eigenvalue weighted by atomic mass is 10.1. The summed E-state index contributed by atoms with van der Waals surface area (Å²) in [6, 6.07) is 46.4. The van der Waals surface area contributed by atoms with Crippen molar-refractivity contribution in [3.8, 4) is 33.4 Å². The van der Waals surface area contributed by atoms with Gasteiger partial charge in [-0.05, 0) is 149 Å². The van der Waals surface area contributed by atoms with E-state index in [4.69, 9.17) is 16.4 Å². The summed E-state index contributed by atoms with van der Waals surface area (Å²) >= 11 is 0. The molecule has 9 aromatic rings. The van der Waals surface area contributed by atoms with Crippen LogP contribution in [0.1, 0.15) is 64.1 Å². The Morgan fingerprint density at radius 2 is 0.816 bits per heavy atom. The minimum atomic E-state index is -3.80. The van der Waals surface area contributed by atoms with Crippen LogP contribution >= 0.6 is 10.7 Å². The zero-order chi connectivity index (χ0) is 63.9. The van der Waals surface area contributed by atoms with Crippen molar-refractivity contribution in [1.82, 2.24) is 0 Å². The number of esters is 2. The molecule has 1 aliphatic carbocycles. The van der Waals surface area contributed by atoms with E-state index in [1.807, 2.05) is 13.8 Å². The normalized spacial score (nSPS) is 12.2. The second kappa shape index (κ2) is 29.7. The lowest BCUT2D eigenvalue weighted by molar-refractivity contribution is 0.0592. The Kier molecular flexibility index (Phi) is 23.0. The monoisotopic (exact) mass is 1270 g/mol. The van der Waals surface area contributed by atoms with E-state index in [2.05, 4.69) is 9.47 Å². The van der Waals surface area contributed by atoms with E-state index < -0.39 is 75.2 Å². The molecular weight excluding hydrogens is 1220 g/mol. The molecule has 0 saturated heterocycles. The number of methoxy groups -OCH3 is 2. The van der Waals surface area contributed by atoms with Gasteiger partial charge in [0.1, 0.15) is 34.9 Å². The van der Waals surface area contributed by atoms with Crippen molar-refractivity contribution < 1.29 is 75.8 Å². The van der Waals surface area contributed by atoms with Gasteiger partial charge < -0.3 is 20.3 Å². The summed E-state index contributed by atoms with van der Waals surface area (Å²) in [5, 5.41) is 10.2. The maximum atomic E-state index is 13.9. The second-order valence-corrected chi connectivity index (χ2v) is 25.5. The van der Waals surface area contributed by atoms with E-state index in [9.17, 15) is 66.3 Å². The summed E-state index contributed by atoms with van der Waals surface area (Å²) < 4.78 is 162. The van der Waals surface area contributed by atoms with Gasteiger partial charge in [0.2, 0.25) is 0 Å². The van der Waals surface area contributed by atoms with Gasteiger partial charge in [-0.3, -0.25) is 0 Å². The summed E-state index contributed by atoms with van der Waals surface area (Å²) in [6.45, 7) is 4.00. The largest absolute Gasteiger partial charge is 0.465 e. The Morgan fingerprint density at radius 3 is 1.16 bits per heavy atom. The number of benzene rings is 9. The standard InChI is InChI=1S/C22H18F2O3S.C21H16F2O4S.C12H7ClF2O2S.C8H9NO2.C2H6/c23-18-6-9-20(21(24)13-18)16-4-7-19(8-5-16)28(26,27)14-15-2-1-3-17(12-15)22(25)10-11-22;1-27-21(24)16-4-2-3-14(11-16)13-28(25,26)18-8-5-15(6-9-18)19-10-7-17(22)12-20(19)23;13-18(16,17)10-4-1-8(2-5-10)11-6-3-9(14)7-12(11)15;1-11-8(10)6-3-2-4-7(9)5-6;1-2/h1-9,12-13,25H,10-11,14H2;2-12H,13H2,1H3;1-7H;2-5H,9H2,1H3;1-2H3. The fourth-order valence-electron chi connectivity index (χ4n) is 8.30. The molecule has 0 aromatic heterocycles. The highest BCUT2D eigenvalue weighted by Crippen LogP contribution is 2.45. The second-order valence-electron chi connectivity index (χ2n) is 18.9. The number of anilines is 1. The van der Waals surface area contributed by atoms with Gasteiger partial charge in [-0.2, -0.15) is 0 Å². The van der Waals surface area contributed by atoms with Gasteiger partial charge in [0, 0.05) is 51.3 Å². The first-order chi connectivity index (χ1) is 41.2. The minimum absolute atomic E-state index is 0.0576. The molecule has 0 heterocycles. The number of carbonyl (C=O) groups is 2. The number of halogens is 7. The highest BCUT2D eigenvalue weighted by atomic mass is 35.7. The third-order valence-electron chi connectivity index (χ3n) is 12.8. The number of ether oxygens (including phenoxy) is 2. The van der Waals surface area contributed by atoms with Crippen molar-refractivity contribution in [2.24, 2.45) is 0 Å². The van der Waals surface area contributed by atoms with Crippen LogP contribution in [0.15, 0.2) is 215 Å². The van der Waals surface area contributed by atoms with Gasteiger partial charge in [-0.25, -0.2) is 61.2 Å². The number of hydrogen-bond donors (Lipinski definition) is 2. The summed E-state index contributed by atoms with van der Waals surface area (Å²) in [6.07, 6.45) is 1.37. The molecule has 0 amide bonds. The topological polar surface area (TPSA) is 201 Å². The maximum absolute atomic E-state index is 13.9. The molecule has 0 radical (unpaired) electrons. The Balaban J connectivity index is 0.000000193. The number of nitrogens with two attached hydrogens (primary N) is 1. The summed E-state index contributed by atoms with van der Waals surface area (Å²) in [5.74, 6) is -5.58. The first-order valence-electron chi connectivity index (χ1n) is 26.2. The van der Waals surface area contributed by atoms with E-state index in [1.54, 1.807) is 60.7 Å². The fourth-order valence-corrected chi connectivity index (χ4v) is 11.7. The van der Waals surface area contributed by atoms with Gasteiger partial charge in [0.25, 0.3) is 9.05 Å². The predicted molar refractivity (Wildman–Crippen MR) is 321 cm³/mol. The number of hydrogen-bond acceptors (Lipinski definition) is 12. The zero-order valence-electron chi connectivity index (χ0n) is 46.9. The van der Waals surface area contributed by atoms with Crippen LogP contribution in [0.3, 0.4) is 0 Å². The quantitative estimate of drug-likeness (QED) is 0.0479. The highest BCUT2D eigenvalue weighted by Gasteiger charge is 2.42. The smallest absolute Gasteiger partial charge is 0.337 e. The Hall–Kier alpha value is -8.60. The van der Waals surface area contributed by atoms with Gasteiger partial charge in [-0.15, -0.1) is 0 Å². The molecule has 0 unspecified atom stereocenters. The van der Waals surface area contributed by atoms with Gasteiger partial charge in [0.05, 0.1) is 57.1 Å². The Labute approximate surface area is 504 Å². The van der Waals surface area contributed by atoms with E-state index in [-0.39, 0.29) is 54.4 Å². The molecule has 10 rings (SSSR count). The molecule has 1 saturated carbocycles. The van der Waals surface area contributed by atoms with Gasteiger partial charge in [-0.1, -0.05) is 92.7 Å². The summed E-state index contributed by atoms with van der Waals surface area (Å²) in [7, 11) is -3.35. The molecule has 1 fully saturated rings. The summed E-state index contributed by atoms with van der Waals surface area (Å²) in [4.78, 5) is 22.6. The van der Waals surface area contributed by atoms with Crippen LogP contribution in [-0.4, -0.2) is 56.5 Å². The Bertz CT molecular complexity index is 4250. The first-order valence-corrected chi connectivity index (χ1v) is 31.8. The third kappa shape index (κ3) is 18.7. The molecule has 3 N–H and O–H groups in total. The SMILES string of the molecule is CC.COC(=O)c1cccc(CS(=O)(=O)c2ccc(-c3ccc(F)cc3F)cc2)c1.COC(=O)c1cccc(N)c1.O=S(=O)(Cc1cccc(C2(O)CC2)c1)c1ccc(-c2ccc(F)cc2F)cc1.O=S(=O)(Cl)c1ccc(-c2ccc(F)cc2F)cc1. The molecule has 0 bridgehead atoms. The summed E-state index contributed by atoms with van der Waals surface area (Å²) in [5.41, 5.74) is 9.62. The van der Waals surface area contributed by atoms with Crippen LogP contribution in [-0.2, 0) is 55.3 Å². The van der Waals surface area contributed by atoms with E-state index in [0.717, 1.165) is 42.0 Å². The third-order valence-corrected chi connectivity index (χ3v) is 17.6. The van der Waals surface area contributed by atoms with Crippen molar-refractivity contribution in [3.63, 3.8) is 0 Å². The number of rotatable bonds is 13. The number of carbonyl (C=O) groups excluding carboxylic acids is 2. The van der Waals surface area contributed by atoms with Crippen LogP contribution in [0, 0.1) is 34.9 Å². The highest BCUT2D eigenvalue weighted by molar-refractivity contribution is 8.13. The van der Waals surface area contributed by atoms with Crippen LogP contribution in [0.2, 0.25) is 0 Å². The molecule has 12 nitrogen and oxygen atoms in total. The van der Waals surface area contributed by atoms with E-state index in [1.165, 1.54) is 117 Å². The van der Waals surface area contributed by atoms with Crippen molar-refractivity contribution in [3.05, 3.63) is 263 Å². The molecule has 0 aliphatic heterocycles. The average molecular weight is 1270 g/mol. The Morgan fingerprint density at radius 1 is 0.471 bits per heavy atom. The van der Waals surface area contributed by atoms with Gasteiger partial charge >= 0.3 is 11.9 Å². The van der Waals surface area contributed by atoms with Crippen molar-refractivity contribution in [2.75, 3.05) is 20.0 Å². The van der Waals surface area contributed by atoms with Crippen molar-refractivity contribution in [1.29, 1.82) is 0 Å². The van der Waals surface area contributed by atoms with Crippen molar-refractivity contribution in [2.45, 2.75) is 58.5 Å². The number of sulfone groups is 2. The predicted octanol–water partition coefficient (Wildman–Crippen LogP) is 14.6. The van der Waals surface area contributed by atoms with Crippen LogP contribution in [0.4, 0.5) is 32.0 Å². The molecule has 22 heteroatoms. The number of nitrogen functional groups attached to an aromatic ring is 1.